The van der Waals surface area contributed by atoms with E-state index >= 15 is 0 Å². The summed E-state index contributed by atoms with van der Waals surface area (Å²) < 4.78 is 50.5. The molecule has 20 heavy (non-hydrogen) atoms. The number of hydrogen-bond donors (Lipinski definition) is 0. The molecule has 0 N–H and O–H groups in total. The van der Waals surface area contributed by atoms with Crippen LogP contribution in [0.25, 0.3) is 0 Å². The Kier molecular flexibility index (Phi) is 5.25. The third-order valence-electron chi connectivity index (χ3n) is 3.26. The molecule has 0 bridgehead atoms. The number of halogens is 5. The number of alkyl halides is 3. The summed E-state index contributed by atoms with van der Waals surface area (Å²) in [5.74, 6) is -0.246. The number of nitrogens with zero attached hydrogens (tertiary/aromatic N) is 2. The maximum Gasteiger partial charge on any atom is 0.401 e. The first-order valence-corrected chi connectivity index (χ1v) is 7.37. The maximum absolute atomic E-state index is 13.2. The second-order valence-electron chi connectivity index (χ2n) is 4.92. The fourth-order valence-corrected chi connectivity index (χ4v) is 2.84. The number of piperazine rings is 1. The van der Waals surface area contributed by atoms with E-state index in [0.29, 0.717) is 36.3 Å². The summed E-state index contributed by atoms with van der Waals surface area (Å²) in [5.41, 5.74) is 0.986. The number of hydrogen-bond acceptors (Lipinski definition) is 2. The zero-order chi connectivity index (χ0) is 14.8. The smallest absolute Gasteiger partial charge is 0.297 e. The van der Waals surface area contributed by atoms with Gasteiger partial charge in [-0.3, -0.25) is 9.80 Å². The van der Waals surface area contributed by atoms with Crippen LogP contribution in [0.3, 0.4) is 0 Å². The van der Waals surface area contributed by atoms with Crippen LogP contribution in [-0.2, 0) is 6.54 Å². The van der Waals surface area contributed by atoms with E-state index in [0.717, 1.165) is 5.56 Å². The minimum Gasteiger partial charge on any atom is -0.297 e. The second-order valence-corrected chi connectivity index (χ2v) is 6.08. The molecule has 1 aromatic rings. The summed E-state index contributed by atoms with van der Waals surface area (Å²) in [5, 5.41) is 0. The van der Waals surface area contributed by atoms with Crippen molar-refractivity contribution < 1.29 is 17.6 Å². The van der Waals surface area contributed by atoms with E-state index in [1.54, 1.807) is 12.1 Å². The molecule has 0 aromatic heterocycles. The lowest BCUT2D eigenvalue weighted by atomic mass is 10.2. The van der Waals surface area contributed by atoms with E-state index in [1.807, 2.05) is 22.6 Å². The second kappa shape index (κ2) is 6.57. The molecule has 2 rings (SSSR count). The largest absolute Gasteiger partial charge is 0.401 e. The SMILES string of the molecule is Fc1ccc(CN2CCN(CC(F)(F)F)CC2)cc1I. The molecule has 0 unspecified atom stereocenters. The van der Waals surface area contributed by atoms with Crippen molar-refractivity contribution in [2.24, 2.45) is 0 Å². The first kappa shape index (κ1) is 16.0. The van der Waals surface area contributed by atoms with Gasteiger partial charge in [0, 0.05) is 36.3 Å². The summed E-state index contributed by atoms with van der Waals surface area (Å²) in [6, 6.07) is 4.93. The summed E-state index contributed by atoms with van der Waals surface area (Å²) in [6.07, 6.45) is -4.13. The summed E-state index contributed by atoms with van der Waals surface area (Å²) >= 11 is 1.94. The van der Waals surface area contributed by atoms with Gasteiger partial charge >= 0.3 is 6.18 Å². The van der Waals surface area contributed by atoms with Gasteiger partial charge in [-0.05, 0) is 40.3 Å². The van der Waals surface area contributed by atoms with Crippen molar-refractivity contribution in [3.8, 4) is 0 Å². The standard InChI is InChI=1S/C13H15F4IN2/c14-11-2-1-10(7-12(11)18)8-19-3-5-20(6-4-19)9-13(15,16)17/h1-2,7H,3-6,8-9H2. The first-order valence-electron chi connectivity index (χ1n) is 6.29. The third-order valence-corrected chi connectivity index (χ3v) is 4.08. The minimum atomic E-state index is -4.13. The third kappa shape index (κ3) is 4.85. The monoisotopic (exact) mass is 402 g/mol. The highest BCUT2D eigenvalue weighted by molar-refractivity contribution is 14.1. The summed E-state index contributed by atoms with van der Waals surface area (Å²) in [4.78, 5) is 3.51. The van der Waals surface area contributed by atoms with Crippen molar-refractivity contribution in [2.45, 2.75) is 12.7 Å². The fraction of sp³-hybridized carbons (Fsp3) is 0.538. The number of benzene rings is 1. The predicted octanol–water partition coefficient (Wildman–Crippen LogP) is 3.11. The van der Waals surface area contributed by atoms with Crippen LogP contribution >= 0.6 is 22.6 Å². The molecule has 0 radical (unpaired) electrons. The lowest BCUT2D eigenvalue weighted by Gasteiger charge is -2.35. The molecule has 0 spiro atoms. The Morgan fingerprint density at radius 1 is 1.05 bits per heavy atom. The lowest BCUT2D eigenvalue weighted by molar-refractivity contribution is -0.149. The summed E-state index contributed by atoms with van der Waals surface area (Å²) in [7, 11) is 0. The molecule has 0 atom stereocenters. The molecule has 2 nitrogen and oxygen atoms in total. The zero-order valence-electron chi connectivity index (χ0n) is 10.8. The average molecular weight is 402 g/mol. The van der Waals surface area contributed by atoms with E-state index < -0.39 is 12.7 Å². The van der Waals surface area contributed by atoms with Gasteiger partial charge in [0.2, 0.25) is 0 Å². The van der Waals surface area contributed by atoms with Crippen molar-refractivity contribution in [3.05, 3.63) is 33.1 Å². The van der Waals surface area contributed by atoms with Gasteiger partial charge in [0.05, 0.1) is 6.54 Å². The van der Waals surface area contributed by atoms with Crippen LogP contribution in [0.2, 0.25) is 0 Å². The van der Waals surface area contributed by atoms with Crippen LogP contribution in [0.5, 0.6) is 0 Å². The Balaban J connectivity index is 1.83. The molecule has 1 aliphatic heterocycles. The molecule has 0 saturated carbocycles. The van der Waals surface area contributed by atoms with Crippen LogP contribution in [0.1, 0.15) is 5.56 Å². The van der Waals surface area contributed by atoms with Gasteiger partial charge in [-0.2, -0.15) is 13.2 Å². The Labute approximate surface area is 128 Å². The highest BCUT2D eigenvalue weighted by Crippen LogP contribution is 2.19. The van der Waals surface area contributed by atoms with Gasteiger partial charge in [0.1, 0.15) is 5.82 Å². The Hall–Kier alpha value is -0.410. The van der Waals surface area contributed by atoms with Crippen molar-refractivity contribution in [1.82, 2.24) is 9.80 Å². The van der Waals surface area contributed by atoms with E-state index in [2.05, 4.69) is 4.90 Å². The molecule has 112 valence electrons. The molecular formula is C13H15F4IN2. The first-order chi connectivity index (χ1) is 9.33. The quantitative estimate of drug-likeness (QED) is 0.567. The van der Waals surface area contributed by atoms with Crippen molar-refractivity contribution in [2.75, 3.05) is 32.7 Å². The van der Waals surface area contributed by atoms with Crippen molar-refractivity contribution in [3.63, 3.8) is 0 Å². The minimum absolute atomic E-state index is 0.246. The van der Waals surface area contributed by atoms with Gasteiger partial charge in [-0.25, -0.2) is 4.39 Å². The van der Waals surface area contributed by atoms with Gasteiger partial charge in [-0.1, -0.05) is 6.07 Å². The summed E-state index contributed by atoms with van der Waals surface area (Å²) in [6.45, 7) is 1.84. The van der Waals surface area contributed by atoms with E-state index in [9.17, 15) is 17.6 Å². The maximum atomic E-state index is 13.2. The van der Waals surface area contributed by atoms with E-state index in [-0.39, 0.29) is 5.82 Å². The molecule has 1 aliphatic rings. The topological polar surface area (TPSA) is 6.48 Å². The van der Waals surface area contributed by atoms with Gasteiger partial charge in [0.15, 0.2) is 0 Å². The van der Waals surface area contributed by atoms with Crippen LogP contribution in [0.15, 0.2) is 18.2 Å². The van der Waals surface area contributed by atoms with Crippen molar-refractivity contribution in [1.29, 1.82) is 0 Å². The predicted molar refractivity (Wildman–Crippen MR) is 76.9 cm³/mol. The lowest BCUT2D eigenvalue weighted by Crippen LogP contribution is -2.48. The Bertz CT molecular complexity index is 456. The van der Waals surface area contributed by atoms with E-state index in [1.165, 1.54) is 11.0 Å². The Morgan fingerprint density at radius 2 is 1.65 bits per heavy atom. The highest BCUT2D eigenvalue weighted by atomic mass is 127. The molecule has 1 aromatic carbocycles. The van der Waals surface area contributed by atoms with Gasteiger partial charge in [-0.15, -0.1) is 0 Å². The molecule has 7 heteroatoms. The normalized spacial score (nSPS) is 18.4. The van der Waals surface area contributed by atoms with Gasteiger partial charge in [0.25, 0.3) is 0 Å². The van der Waals surface area contributed by atoms with Crippen LogP contribution in [0, 0.1) is 9.39 Å². The molecule has 0 aliphatic carbocycles. The molecule has 1 fully saturated rings. The molecule has 0 amide bonds. The van der Waals surface area contributed by atoms with Crippen LogP contribution in [-0.4, -0.2) is 48.7 Å². The Morgan fingerprint density at radius 3 is 2.20 bits per heavy atom. The van der Waals surface area contributed by atoms with Crippen LogP contribution in [0.4, 0.5) is 17.6 Å². The zero-order valence-corrected chi connectivity index (χ0v) is 12.9. The van der Waals surface area contributed by atoms with Gasteiger partial charge < -0.3 is 0 Å². The fourth-order valence-electron chi connectivity index (χ4n) is 2.26. The highest BCUT2D eigenvalue weighted by Gasteiger charge is 2.32. The average Bonchev–Trinajstić information content (AvgIpc) is 2.35. The van der Waals surface area contributed by atoms with E-state index in [4.69, 9.17) is 0 Å². The molecule has 1 heterocycles. The molecule has 1 saturated heterocycles. The van der Waals surface area contributed by atoms with Crippen LogP contribution < -0.4 is 0 Å². The molecular weight excluding hydrogens is 387 g/mol. The van der Waals surface area contributed by atoms with Crippen molar-refractivity contribution >= 4 is 22.6 Å². The number of rotatable bonds is 3.